The number of anilines is 1. The third-order valence-electron chi connectivity index (χ3n) is 4.32. The molecular formula is C15H22N4O2. The molecule has 0 aromatic carbocycles. The van der Waals surface area contributed by atoms with E-state index in [0.717, 1.165) is 43.9 Å². The summed E-state index contributed by atoms with van der Waals surface area (Å²) in [6.07, 6.45) is 2.76. The third kappa shape index (κ3) is 3.00. The summed E-state index contributed by atoms with van der Waals surface area (Å²) in [5, 5.41) is 8.24. The summed E-state index contributed by atoms with van der Waals surface area (Å²) < 4.78 is 5.58. The quantitative estimate of drug-likeness (QED) is 0.831. The molecule has 1 amide bonds. The molecule has 1 unspecified atom stereocenters. The van der Waals surface area contributed by atoms with Crippen LogP contribution in [0.5, 0.6) is 0 Å². The van der Waals surface area contributed by atoms with Crippen molar-refractivity contribution in [3.8, 4) is 0 Å². The van der Waals surface area contributed by atoms with Crippen molar-refractivity contribution in [2.45, 2.75) is 38.3 Å². The van der Waals surface area contributed by atoms with Crippen LogP contribution < -0.4 is 4.90 Å². The molecule has 3 rings (SSSR count). The van der Waals surface area contributed by atoms with Gasteiger partial charge in [-0.15, -0.1) is 5.10 Å². The second-order valence-corrected chi connectivity index (χ2v) is 5.90. The first kappa shape index (κ1) is 14.3. The lowest BCUT2D eigenvalue weighted by atomic mass is 10.0. The van der Waals surface area contributed by atoms with Crippen molar-refractivity contribution in [3.05, 3.63) is 17.8 Å². The van der Waals surface area contributed by atoms with Gasteiger partial charge >= 0.3 is 0 Å². The summed E-state index contributed by atoms with van der Waals surface area (Å²) in [5.41, 5.74) is 0.914. The molecule has 0 aliphatic carbocycles. The van der Waals surface area contributed by atoms with E-state index >= 15 is 0 Å². The van der Waals surface area contributed by atoms with Gasteiger partial charge in [0.15, 0.2) is 5.82 Å². The summed E-state index contributed by atoms with van der Waals surface area (Å²) in [7, 11) is 1.88. The zero-order chi connectivity index (χ0) is 14.8. The van der Waals surface area contributed by atoms with E-state index in [1.165, 1.54) is 0 Å². The van der Waals surface area contributed by atoms with Crippen LogP contribution in [0.25, 0.3) is 0 Å². The van der Waals surface area contributed by atoms with Gasteiger partial charge in [0.05, 0.1) is 11.7 Å². The number of aromatic nitrogens is 2. The number of likely N-dealkylation sites (N-methyl/N-ethyl adjacent to an activating group) is 1. The summed E-state index contributed by atoms with van der Waals surface area (Å²) >= 11 is 0. The van der Waals surface area contributed by atoms with E-state index in [9.17, 15) is 4.79 Å². The normalized spacial score (nSPS) is 22.8. The number of aryl methyl sites for hydroxylation is 1. The van der Waals surface area contributed by atoms with Crippen LogP contribution >= 0.6 is 0 Å². The minimum atomic E-state index is -0.239. The summed E-state index contributed by atoms with van der Waals surface area (Å²) in [4.78, 5) is 16.4. The number of hydrogen-bond donors (Lipinski definition) is 0. The molecule has 21 heavy (non-hydrogen) atoms. The van der Waals surface area contributed by atoms with E-state index in [1.54, 1.807) is 0 Å². The lowest BCUT2D eigenvalue weighted by Crippen LogP contribution is -2.61. The molecule has 2 aliphatic rings. The summed E-state index contributed by atoms with van der Waals surface area (Å²) in [5.74, 6) is 1.00. The first-order valence-corrected chi connectivity index (χ1v) is 7.58. The largest absolute Gasteiger partial charge is 0.368 e. The molecular weight excluding hydrogens is 268 g/mol. The Morgan fingerprint density at radius 3 is 2.76 bits per heavy atom. The number of rotatable bonds is 3. The van der Waals surface area contributed by atoms with Gasteiger partial charge in [-0.25, -0.2) is 0 Å². The highest BCUT2D eigenvalue weighted by molar-refractivity contribution is 5.81. The van der Waals surface area contributed by atoms with E-state index in [-0.39, 0.29) is 18.1 Å². The SMILES string of the molecule is Cc1ccc(N2CC(N(C)C(=O)C3CCCCO3)C2)nn1. The Balaban J connectivity index is 1.53. The smallest absolute Gasteiger partial charge is 0.251 e. The third-order valence-corrected chi connectivity index (χ3v) is 4.32. The maximum absolute atomic E-state index is 12.4. The van der Waals surface area contributed by atoms with Gasteiger partial charge in [-0.1, -0.05) is 0 Å². The lowest BCUT2D eigenvalue weighted by Gasteiger charge is -2.45. The first-order valence-electron chi connectivity index (χ1n) is 7.58. The van der Waals surface area contributed by atoms with Crippen molar-refractivity contribution in [1.82, 2.24) is 15.1 Å². The molecule has 1 aromatic rings. The monoisotopic (exact) mass is 290 g/mol. The zero-order valence-electron chi connectivity index (χ0n) is 12.7. The van der Waals surface area contributed by atoms with Crippen molar-refractivity contribution in [2.24, 2.45) is 0 Å². The molecule has 114 valence electrons. The van der Waals surface area contributed by atoms with Crippen LogP contribution in [0.15, 0.2) is 12.1 Å². The molecule has 1 atom stereocenters. The van der Waals surface area contributed by atoms with E-state index in [0.29, 0.717) is 6.61 Å². The van der Waals surface area contributed by atoms with Crippen LogP contribution in [0.1, 0.15) is 25.0 Å². The predicted octanol–water partition coefficient (Wildman–Crippen LogP) is 1.00. The number of amides is 1. The van der Waals surface area contributed by atoms with E-state index in [1.807, 2.05) is 31.0 Å². The standard InChI is InChI=1S/C15H22N4O2/c1-11-6-7-14(17-16-11)19-9-12(10-19)18(2)15(20)13-5-3-4-8-21-13/h6-7,12-13H,3-5,8-10H2,1-2H3. The summed E-state index contributed by atoms with van der Waals surface area (Å²) in [6.45, 7) is 4.26. The molecule has 6 heteroatoms. The molecule has 1 aromatic heterocycles. The maximum atomic E-state index is 12.4. The molecule has 6 nitrogen and oxygen atoms in total. The zero-order valence-corrected chi connectivity index (χ0v) is 12.7. The van der Waals surface area contributed by atoms with Gasteiger partial charge in [0.2, 0.25) is 0 Å². The molecule has 2 fully saturated rings. The maximum Gasteiger partial charge on any atom is 0.251 e. The van der Waals surface area contributed by atoms with Crippen LogP contribution in [0.3, 0.4) is 0 Å². The fourth-order valence-electron chi connectivity index (χ4n) is 2.79. The molecule has 2 aliphatic heterocycles. The Kier molecular flexibility index (Phi) is 4.05. The van der Waals surface area contributed by atoms with Crippen LogP contribution in [0.2, 0.25) is 0 Å². The lowest BCUT2D eigenvalue weighted by molar-refractivity contribution is -0.147. The molecule has 0 spiro atoms. The number of carbonyl (C=O) groups excluding carboxylic acids is 1. The van der Waals surface area contributed by atoms with Gasteiger partial charge in [0.1, 0.15) is 6.10 Å². The Morgan fingerprint density at radius 2 is 2.14 bits per heavy atom. The van der Waals surface area contributed by atoms with E-state index < -0.39 is 0 Å². The molecule has 0 N–H and O–H groups in total. The van der Waals surface area contributed by atoms with Gasteiger partial charge in [-0.2, -0.15) is 5.10 Å². The van der Waals surface area contributed by atoms with Crippen molar-refractivity contribution in [1.29, 1.82) is 0 Å². The molecule has 2 saturated heterocycles. The summed E-state index contributed by atoms with van der Waals surface area (Å²) in [6, 6.07) is 4.18. The molecule has 3 heterocycles. The van der Waals surface area contributed by atoms with Gasteiger partial charge in [0.25, 0.3) is 5.91 Å². The fourth-order valence-corrected chi connectivity index (χ4v) is 2.79. The second-order valence-electron chi connectivity index (χ2n) is 5.90. The average molecular weight is 290 g/mol. The second kappa shape index (κ2) is 5.97. The van der Waals surface area contributed by atoms with Crippen LogP contribution in [0, 0.1) is 6.92 Å². The molecule has 0 saturated carbocycles. The van der Waals surface area contributed by atoms with Crippen LogP contribution in [-0.2, 0) is 9.53 Å². The van der Waals surface area contributed by atoms with E-state index in [2.05, 4.69) is 15.1 Å². The highest BCUT2D eigenvalue weighted by Gasteiger charge is 2.36. The minimum absolute atomic E-state index is 0.120. The Morgan fingerprint density at radius 1 is 1.33 bits per heavy atom. The first-order chi connectivity index (χ1) is 10.1. The van der Waals surface area contributed by atoms with Crippen molar-refractivity contribution in [3.63, 3.8) is 0 Å². The van der Waals surface area contributed by atoms with E-state index in [4.69, 9.17) is 4.74 Å². The fraction of sp³-hybridized carbons (Fsp3) is 0.667. The predicted molar refractivity (Wildman–Crippen MR) is 79.1 cm³/mol. The topological polar surface area (TPSA) is 58.6 Å². The van der Waals surface area contributed by atoms with Gasteiger partial charge in [-0.05, 0) is 38.3 Å². The highest BCUT2D eigenvalue weighted by atomic mass is 16.5. The van der Waals surface area contributed by atoms with Crippen molar-refractivity contribution >= 4 is 11.7 Å². The van der Waals surface area contributed by atoms with Gasteiger partial charge in [-0.3, -0.25) is 4.79 Å². The van der Waals surface area contributed by atoms with Crippen LogP contribution in [0.4, 0.5) is 5.82 Å². The Hall–Kier alpha value is -1.69. The minimum Gasteiger partial charge on any atom is -0.368 e. The van der Waals surface area contributed by atoms with Gasteiger partial charge < -0.3 is 14.5 Å². The molecule has 0 bridgehead atoms. The molecule has 0 radical (unpaired) electrons. The number of carbonyl (C=O) groups is 1. The Labute approximate surface area is 125 Å². The van der Waals surface area contributed by atoms with Crippen LogP contribution in [-0.4, -0.2) is 59.9 Å². The highest BCUT2D eigenvalue weighted by Crippen LogP contribution is 2.23. The van der Waals surface area contributed by atoms with Crippen molar-refractivity contribution in [2.75, 3.05) is 31.6 Å². The number of hydrogen-bond acceptors (Lipinski definition) is 5. The Bertz CT molecular complexity index is 493. The number of nitrogens with zero attached hydrogens (tertiary/aromatic N) is 4. The average Bonchev–Trinajstić information content (AvgIpc) is 2.47. The van der Waals surface area contributed by atoms with Crippen molar-refractivity contribution < 1.29 is 9.53 Å². The van der Waals surface area contributed by atoms with Gasteiger partial charge in [0, 0.05) is 26.7 Å². The number of ether oxygens (including phenoxy) is 1.